The van der Waals surface area contributed by atoms with Gasteiger partial charge >= 0.3 is 0 Å². The minimum absolute atomic E-state index is 0.118. The molecule has 0 aromatic heterocycles. The summed E-state index contributed by atoms with van der Waals surface area (Å²) >= 11 is 0. The Bertz CT molecular complexity index is 434. The lowest BCUT2D eigenvalue weighted by Gasteiger charge is -2.11. The number of hydrogen-bond donors (Lipinski definition) is 0. The highest BCUT2D eigenvalue weighted by Crippen LogP contribution is 2.19. The molecule has 2 rings (SSSR count). The van der Waals surface area contributed by atoms with Crippen molar-refractivity contribution in [1.82, 2.24) is 4.90 Å². The molecule has 1 aliphatic heterocycles. The Morgan fingerprint density at radius 2 is 2.25 bits per heavy atom. The normalized spacial score (nSPS) is 18.1. The number of benzene rings is 1. The molecule has 2 heteroatoms. The third kappa shape index (κ3) is 2.32. The van der Waals surface area contributed by atoms with Crippen LogP contribution in [0.1, 0.15) is 28.8 Å². The standard InChI is InChI=1S/C14H17NO/c1-11-5-3-6-12(9-11)14(16)10-13-7-4-8-15(13)2/h3,5-6,9-10H,4,7-8H2,1-2H3/b13-10-. The maximum absolute atomic E-state index is 12.0. The molecule has 0 N–H and O–H groups in total. The molecule has 1 heterocycles. The fourth-order valence-electron chi connectivity index (χ4n) is 2.05. The largest absolute Gasteiger partial charge is 0.378 e. The summed E-state index contributed by atoms with van der Waals surface area (Å²) in [5.41, 5.74) is 3.07. The lowest BCUT2D eigenvalue weighted by atomic mass is 10.1. The zero-order valence-electron chi connectivity index (χ0n) is 9.86. The van der Waals surface area contributed by atoms with E-state index in [4.69, 9.17) is 0 Å². The molecule has 1 saturated heterocycles. The zero-order chi connectivity index (χ0) is 11.5. The van der Waals surface area contributed by atoms with Gasteiger partial charge in [0.2, 0.25) is 0 Å². The summed E-state index contributed by atoms with van der Waals surface area (Å²) in [7, 11) is 2.04. The first-order valence-electron chi connectivity index (χ1n) is 5.69. The summed E-state index contributed by atoms with van der Waals surface area (Å²) in [6, 6.07) is 7.75. The van der Waals surface area contributed by atoms with Gasteiger partial charge in [0, 0.05) is 30.9 Å². The second kappa shape index (κ2) is 4.52. The summed E-state index contributed by atoms with van der Waals surface area (Å²) < 4.78 is 0. The van der Waals surface area contributed by atoms with Crippen LogP contribution in [0.3, 0.4) is 0 Å². The predicted octanol–water partition coefficient (Wildman–Crippen LogP) is 2.79. The van der Waals surface area contributed by atoms with Crippen molar-refractivity contribution in [2.24, 2.45) is 0 Å². The first-order valence-corrected chi connectivity index (χ1v) is 5.69. The fraction of sp³-hybridized carbons (Fsp3) is 0.357. The highest BCUT2D eigenvalue weighted by Gasteiger charge is 2.14. The minimum atomic E-state index is 0.118. The Labute approximate surface area is 96.6 Å². The Kier molecular flexibility index (Phi) is 3.09. The van der Waals surface area contributed by atoms with Gasteiger partial charge in [-0.2, -0.15) is 0 Å². The van der Waals surface area contributed by atoms with Gasteiger partial charge in [0.15, 0.2) is 5.78 Å². The second-order valence-electron chi connectivity index (χ2n) is 4.39. The molecule has 0 saturated carbocycles. The van der Waals surface area contributed by atoms with Gasteiger partial charge in [0.25, 0.3) is 0 Å². The van der Waals surface area contributed by atoms with Crippen LogP contribution < -0.4 is 0 Å². The van der Waals surface area contributed by atoms with E-state index in [9.17, 15) is 4.79 Å². The van der Waals surface area contributed by atoms with Crippen molar-refractivity contribution in [2.75, 3.05) is 13.6 Å². The summed E-state index contributed by atoms with van der Waals surface area (Å²) in [6.45, 7) is 3.07. The van der Waals surface area contributed by atoms with Crippen molar-refractivity contribution in [3.63, 3.8) is 0 Å². The smallest absolute Gasteiger partial charge is 0.187 e. The van der Waals surface area contributed by atoms with Gasteiger partial charge < -0.3 is 4.90 Å². The van der Waals surface area contributed by atoms with E-state index < -0.39 is 0 Å². The third-order valence-corrected chi connectivity index (χ3v) is 3.02. The van der Waals surface area contributed by atoms with Gasteiger partial charge in [0.1, 0.15) is 0 Å². The summed E-state index contributed by atoms with van der Waals surface area (Å²) in [5.74, 6) is 0.118. The number of ketones is 1. The number of allylic oxidation sites excluding steroid dienone is 2. The Morgan fingerprint density at radius 1 is 1.44 bits per heavy atom. The monoisotopic (exact) mass is 215 g/mol. The van der Waals surface area contributed by atoms with E-state index in [1.54, 1.807) is 6.08 Å². The van der Waals surface area contributed by atoms with Crippen LogP contribution in [0.15, 0.2) is 36.0 Å². The molecule has 1 aliphatic rings. The van der Waals surface area contributed by atoms with E-state index in [0.29, 0.717) is 0 Å². The summed E-state index contributed by atoms with van der Waals surface area (Å²) in [6.07, 6.45) is 3.96. The van der Waals surface area contributed by atoms with Crippen LogP contribution in [-0.2, 0) is 0 Å². The van der Waals surface area contributed by atoms with Gasteiger partial charge in [-0.05, 0) is 25.8 Å². The topological polar surface area (TPSA) is 20.3 Å². The number of nitrogens with zero attached hydrogens (tertiary/aromatic N) is 1. The molecule has 16 heavy (non-hydrogen) atoms. The van der Waals surface area contributed by atoms with Crippen molar-refractivity contribution in [1.29, 1.82) is 0 Å². The average Bonchev–Trinajstić information content (AvgIpc) is 2.64. The van der Waals surface area contributed by atoms with E-state index in [0.717, 1.165) is 36.2 Å². The molecule has 2 nitrogen and oxygen atoms in total. The number of likely N-dealkylation sites (tertiary alicyclic amines) is 1. The van der Waals surface area contributed by atoms with Crippen molar-refractivity contribution < 1.29 is 4.79 Å². The molecule has 0 aliphatic carbocycles. The van der Waals surface area contributed by atoms with Gasteiger partial charge in [-0.15, -0.1) is 0 Å². The molecule has 1 fully saturated rings. The molecule has 1 aromatic rings. The van der Waals surface area contributed by atoms with E-state index >= 15 is 0 Å². The van der Waals surface area contributed by atoms with Crippen LogP contribution in [0, 0.1) is 6.92 Å². The van der Waals surface area contributed by atoms with Crippen LogP contribution >= 0.6 is 0 Å². The Balaban J connectivity index is 2.20. The van der Waals surface area contributed by atoms with Gasteiger partial charge in [0.05, 0.1) is 0 Å². The van der Waals surface area contributed by atoms with Crippen molar-refractivity contribution in [3.05, 3.63) is 47.2 Å². The molecular weight excluding hydrogens is 198 g/mol. The van der Waals surface area contributed by atoms with E-state index in [1.165, 1.54) is 0 Å². The lowest BCUT2D eigenvalue weighted by Crippen LogP contribution is -2.11. The molecular formula is C14H17NO. The maximum Gasteiger partial charge on any atom is 0.187 e. The zero-order valence-corrected chi connectivity index (χ0v) is 9.86. The first kappa shape index (κ1) is 10.9. The SMILES string of the molecule is Cc1cccc(C(=O)/C=C2/CCCN2C)c1. The molecule has 84 valence electrons. The van der Waals surface area contributed by atoms with Gasteiger partial charge in [-0.3, -0.25) is 4.79 Å². The molecule has 0 unspecified atom stereocenters. The average molecular weight is 215 g/mol. The first-order chi connectivity index (χ1) is 7.66. The van der Waals surface area contributed by atoms with Crippen molar-refractivity contribution in [3.8, 4) is 0 Å². The van der Waals surface area contributed by atoms with Crippen LogP contribution in [0.2, 0.25) is 0 Å². The van der Waals surface area contributed by atoms with Crippen LogP contribution in [-0.4, -0.2) is 24.3 Å². The molecule has 0 amide bonds. The molecule has 0 atom stereocenters. The van der Waals surface area contributed by atoms with Crippen LogP contribution in [0.4, 0.5) is 0 Å². The van der Waals surface area contributed by atoms with Gasteiger partial charge in [-0.25, -0.2) is 0 Å². The number of hydrogen-bond acceptors (Lipinski definition) is 2. The van der Waals surface area contributed by atoms with Crippen LogP contribution in [0.5, 0.6) is 0 Å². The second-order valence-corrected chi connectivity index (χ2v) is 4.39. The Hall–Kier alpha value is -1.57. The van der Waals surface area contributed by atoms with E-state index in [-0.39, 0.29) is 5.78 Å². The molecule has 0 bridgehead atoms. The summed E-state index contributed by atoms with van der Waals surface area (Å²) in [4.78, 5) is 14.2. The quantitative estimate of drug-likeness (QED) is 0.558. The minimum Gasteiger partial charge on any atom is -0.378 e. The highest BCUT2D eigenvalue weighted by atomic mass is 16.1. The van der Waals surface area contributed by atoms with Crippen LogP contribution in [0.25, 0.3) is 0 Å². The van der Waals surface area contributed by atoms with Crippen molar-refractivity contribution in [2.45, 2.75) is 19.8 Å². The maximum atomic E-state index is 12.0. The van der Waals surface area contributed by atoms with Crippen molar-refractivity contribution >= 4 is 5.78 Å². The third-order valence-electron chi connectivity index (χ3n) is 3.02. The Morgan fingerprint density at radius 3 is 2.88 bits per heavy atom. The van der Waals surface area contributed by atoms with E-state index in [1.807, 2.05) is 38.2 Å². The summed E-state index contributed by atoms with van der Waals surface area (Å²) in [5, 5.41) is 0. The lowest BCUT2D eigenvalue weighted by molar-refractivity contribution is 0.104. The number of carbonyl (C=O) groups excluding carboxylic acids is 1. The fourth-order valence-corrected chi connectivity index (χ4v) is 2.05. The number of carbonyl (C=O) groups is 1. The molecule has 0 spiro atoms. The predicted molar refractivity (Wildman–Crippen MR) is 65.5 cm³/mol. The number of rotatable bonds is 2. The highest BCUT2D eigenvalue weighted by molar-refractivity contribution is 6.05. The number of aryl methyl sites for hydroxylation is 1. The van der Waals surface area contributed by atoms with Gasteiger partial charge in [-0.1, -0.05) is 23.8 Å². The molecule has 1 aromatic carbocycles. The van der Waals surface area contributed by atoms with E-state index in [2.05, 4.69) is 4.90 Å². The molecule has 0 radical (unpaired) electrons.